The quantitative estimate of drug-likeness (QED) is 0.707. The number of fused-ring (bicyclic) bond motifs is 1. The van der Waals surface area contributed by atoms with E-state index in [9.17, 15) is 9.59 Å². The molecule has 118 valence electrons. The molecule has 0 aliphatic heterocycles. The maximum atomic E-state index is 12.4. The van der Waals surface area contributed by atoms with E-state index in [-0.39, 0.29) is 0 Å². The average Bonchev–Trinajstić information content (AvgIpc) is 2.85. The summed E-state index contributed by atoms with van der Waals surface area (Å²) < 4.78 is 2.44. The Balaban J connectivity index is 2.21. The molecule has 8 heteroatoms. The van der Waals surface area contributed by atoms with Crippen molar-refractivity contribution < 1.29 is 4.79 Å². The summed E-state index contributed by atoms with van der Waals surface area (Å²) in [6.07, 6.45) is 4.79. The van der Waals surface area contributed by atoms with Crippen LogP contribution in [0, 0.1) is 0 Å². The van der Waals surface area contributed by atoms with E-state index in [2.05, 4.69) is 15.0 Å². The number of nitrogens with zero attached hydrogens (tertiary/aromatic N) is 6. The molecule has 1 amide bonds. The van der Waals surface area contributed by atoms with Crippen LogP contribution in [0.5, 0.6) is 0 Å². The summed E-state index contributed by atoms with van der Waals surface area (Å²) in [4.78, 5) is 38.9. The van der Waals surface area contributed by atoms with Gasteiger partial charge < -0.3 is 4.90 Å². The first-order chi connectivity index (χ1) is 11.0. The van der Waals surface area contributed by atoms with Crippen LogP contribution in [0.3, 0.4) is 0 Å². The summed E-state index contributed by atoms with van der Waals surface area (Å²) >= 11 is 0. The third-order valence-corrected chi connectivity index (χ3v) is 3.72. The SMILES string of the molecule is CCN(C)C(=O)n1c(=O)n(C)c2nc(-c3ccncc3)ncc21. The number of hydrogen-bond donors (Lipinski definition) is 0. The number of amides is 1. The van der Waals surface area contributed by atoms with Crippen LogP contribution in [-0.2, 0) is 7.05 Å². The molecule has 0 aliphatic rings. The second kappa shape index (κ2) is 5.64. The molecule has 3 aromatic rings. The van der Waals surface area contributed by atoms with Crippen LogP contribution in [0.4, 0.5) is 4.79 Å². The van der Waals surface area contributed by atoms with Crippen molar-refractivity contribution in [1.29, 1.82) is 0 Å². The summed E-state index contributed by atoms with van der Waals surface area (Å²) in [5.41, 5.74) is 1.15. The molecular weight excluding hydrogens is 296 g/mol. The Morgan fingerprint density at radius 1 is 1.30 bits per heavy atom. The highest BCUT2D eigenvalue weighted by Gasteiger charge is 2.21. The summed E-state index contributed by atoms with van der Waals surface area (Å²) in [6, 6.07) is 3.17. The molecule has 0 aliphatic carbocycles. The monoisotopic (exact) mass is 312 g/mol. The van der Waals surface area contributed by atoms with Crippen molar-refractivity contribution in [1.82, 2.24) is 29.0 Å². The van der Waals surface area contributed by atoms with Crippen molar-refractivity contribution in [3.63, 3.8) is 0 Å². The van der Waals surface area contributed by atoms with Crippen LogP contribution >= 0.6 is 0 Å². The fraction of sp³-hybridized carbons (Fsp3) is 0.267. The number of carbonyl (C=O) groups is 1. The predicted molar refractivity (Wildman–Crippen MR) is 85.1 cm³/mol. The predicted octanol–water partition coefficient (Wildman–Crippen LogP) is 1.11. The van der Waals surface area contributed by atoms with Gasteiger partial charge in [-0.2, -0.15) is 0 Å². The molecule has 3 rings (SSSR count). The lowest BCUT2D eigenvalue weighted by Crippen LogP contribution is -2.37. The Morgan fingerprint density at radius 3 is 2.65 bits per heavy atom. The zero-order valence-corrected chi connectivity index (χ0v) is 13.1. The first-order valence-corrected chi connectivity index (χ1v) is 7.15. The van der Waals surface area contributed by atoms with Gasteiger partial charge in [0.1, 0.15) is 5.52 Å². The molecule has 0 saturated carbocycles. The van der Waals surface area contributed by atoms with E-state index in [1.54, 1.807) is 38.6 Å². The first-order valence-electron chi connectivity index (χ1n) is 7.15. The molecule has 0 radical (unpaired) electrons. The lowest BCUT2D eigenvalue weighted by Gasteiger charge is -2.14. The second-order valence-corrected chi connectivity index (χ2v) is 5.11. The van der Waals surface area contributed by atoms with Crippen molar-refractivity contribution >= 4 is 17.2 Å². The van der Waals surface area contributed by atoms with Gasteiger partial charge in [-0.1, -0.05) is 0 Å². The zero-order chi connectivity index (χ0) is 16.6. The number of rotatable bonds is 2. The van der Waals surface area contributed by atoms with Crippen LogP contribution in [-0.4, -0.2) is 48.6 Å². The Hall–Kier alpha value is -3.03. The highest BCUT2D eigenvalue weighted by atomic mass is 16.2. The Morgan fingerprint density at radius 2 is 2.00 bits per heavy atom. The summed E-state index contributed by atoms with van der Waals surface area (Å²) in [5.74, 6) is 0.476. The fourth-order valence-corrected chi connectivity index (χ4v) is 2.25. The molecule has 0 unspecified atom stereocenters. The lowest BCUT2D eigenvalue weighted by molar-refractivity contribution is 0.212. The topological polar surface area (TPSA) is 85.9 Å². The molecule has 23 heavy (non-hydrogen) atoms. The Bertz CT molecular complexity index is 928. The van der Waals surface area contributed by atoms with Gasteiger partial charge in [-0.25, -0.2) is 24.1 Å². The van der Waals surface area contributed by atoms with E-state index in [0.717, 1.165) is 10.1 Å². The van der Waals surface area contributed by atoms with Gasteiger partial charge in [0.05, 0.1) is 6.20 Å². The summed E-state index contributed by atoms with van der Waals surface area (Å²) in [6.45, 7) is 2.34. The van der Waals surface area contributed by atoms with E-state index in [1.165, 1.54) is 15.7 Å². The van der Waals surface area contributed by atoms with Crippen LogP contribution in [0.25, 0.3) is 22.6 Å². The Labute approximate surface area is 132 Å². The molecule has 0 aromatic carbocycles. The van der Waals surface area contributed by atoms with Gasteiger partial charge in [0, 0.05) is 38.6 Å². The Kier molecular flexibility index (Phi) is 3.65. The van der Waals surface area contributed by atoms with Crippen molar-refractivity contribution in [3.8, 4) is 11.4 Å². The molecule has 0 bridgehead atoms. The van der Waals surface area contributed by atoms with E-state index in [4.69, 9.17) is 0 Å². The normalized spacial score (nSPS) is 10.9. The molecule has 0 saturated heterocycles. The number of carbonyl (C=O) groups excluding carboxylic acids is 1. The van der Waals surface area contributed by atoms with Crippen LogP contribution in [0.2, 0.25) is 0 Å². The molecular formula is C15H16N6O2. The number of aryl methyl sites for hydroxylation is 1. The fourth-order valence-electron chi connectivity index (χ4n) is 2.25. The molecule has 3 aromatic heterocycles. The van der Waals surface area contributed by atoms with Crippen LogP contribution in [0.1, 0.15) is 6.92 Å². The van der Waals surface area contributed by atoms with Crippen LogP contribution in [0.15, 0.2) is 35.5 Å². The van der Waals surface area contributed by atoms with Gasteiger partial charge in [0.15, 0.2) is 11.5 Å². The largest absolute Gasteiger partial charge is 0.338 e. The number of imidazole rings is 1. The number of pyridine rings is 1. The number of hydrogen-bond acceptors (Lipinski definition) is 5. The molecule has 3 heterocycles. The zero-order valence-electron chi connectivity index (χ0n) is 13.1. The van der Waals surface area contributed by atoms with E-state index in [1.807, 2.05) is 6.92 Å². The minimum Gasteiger partial charge on any atom is -0.327 e. The van der Waals surface area contributed by atoms with Gasteiger partial charge in [-0.05, 0) is 19.1 Å². The molecule has 8 nitrogen and oxygen atoms in total. The standard InChI is InChI=1S/C15H16N6O2/c1-4-19(2)14(22)21-11-9-17-12(10-5-7-16-8-6-10)18-13(11)20(3)15(21)23/h5-9H,4H2,1-3H3. The van der Waals surface area contributed by atoms with E-state index < -0.39 is 11.7 Å². The first kappa shape index (κ1) is 14.9. The highest BCUT2D eigenvalue weighted by Crippen LogP contribution is 2.17. The van der Waals surface area contributed by atoms with Gasteiger partial charge in [0.2, 0.25) is 0 Å². The van der Waals surface area contributed by atoms with Crippen LogP contribution < -0.4 is 5.69 Å². The van der Waals surface area contributed by atoms with Gasteiger partial charge in [-0.3, -0.25) is 9.55 Å². The van der Waals surface area contributed by atoms with Crippen molar-refractivity contribution in [3.05, 3.63) is 41.2 Å². The van der Waals surface area contributed by atoms with Gasteiger partial charge in [0.25, 0.3) is 0 Å². The highest BCUT2D eigenvalue weighted by molar-refractivity contribution is 5.88. The van der Waals surface area contributed by atoms with E-state index in [0.29, 0.717) is 23.5 Å². The number of aromatic nitrogens is 5. The summed E-state index contributed by atoms with van der Waals surface area (Å²) in [5, 5.41) is 0. The third-order valence-electron chi connectivity index (χ3n) is 3.72. The molecule has 0 N–H and O–H groups in total. The molecule has 0 fully saturated rings. The maximum Gasteiger partial charge on any atom is 0.338 e. The van der Waals surface area contributed by atoms with Gasteiger partial charge >= 0.3 is 11.7 Å². The van der Waals surface area contributed by atoms with Crippen molar-refractivity contribution in [2.24, 2.45) is 7.05 Å². The second-order valence-electron chi connectivity index (χ2n) is 5.11. The smallest absolute Gasteiger partial charge is 0.327 e. The van der Waals surface area contributed by atoms with Crippen molar-refractivity contribution in [2.45, 2.75) is 6.92 Å². The molecule has 0 atom stereocenters. The van der Waals surface area contributed by atoms with Crippen molar-refractivity contribution in [2.75, 3.05) is 13.6 Å². The maximum absolute atomic E-state index is 12.4. The van der Waals surface area contributed by atoms with E-state index >= 15 is 0 Å². The molecule has 0 spiro atoms. The lowest BCUT2D eigenvalue weighted by atomic mass is 10.2. The van der Waals surface area contributed by atoms with Gasteiger partial charge in [-0.15, -0.1) is 0 Å². The average molecular weight is 312 g/mol. The third kappa shape index (κ3) is 2.37. The minimum absolute atomic E-state index is 0.389. The minimum atomic E-state index is -0.438. The summed E-state index contributed by atoms with van der Waals surface area (Å²) in [7, 11) is 3.23.